The Morgan fingerprint density at radius 1 is 1.36 bits per heavy atom. The zero-order valence-electron chi connectivity index (χ0n) is 8.10. The summed E-state index contributed by atoms with van der Waals surface area (Å²) in [7, 11) is 2.46. The lowest BCUT2D eigenvalue weighted by Crippen LogP contribution is -2.41. The number of β-amino-alcohol motifs (C(OH)–C–C–N with tert-alkyl or cyclic N) is 1. The molecule has 2 atom stereocenters. The van der Waals surface area contributed by atoms with Crippen LogP contribution in [-0.4, -0.2) is 55.0 Å². The van der Waals surface area contributed by atoms with E-state index in [1.807, 2.05) is 0 Å². The zero-order valence-corrected chi connectivity index (χ0v) is 8.10. The minimum Gasteiger partial charge on any atom is -0.467 e. The Labute approximate surface area is 81.4 Å². The van der Waals surface area contributed by atoms with Gasteiger partial charge in [-0.3, -0.25) is 4.90 Å². The number of rotatable bonds is 1. The van der Waals surface area contributed by atoms with Gasteiger partial charge in [0, 0.05) is 6.42 Å². The van der Waals surface area contributed by atoms with Crippen molar-refractivity contribution in [2.75, 3.05) is 20.8 Å². The highest BCUT2D eigenvalue weighted by Crippen LogP contribution is 2.19. The Morgan fingerprint density at radius 3 is 2.50 bits per heavy atom. The van der Waals surface area contributed by atoms with Crippen LogP contribution in [0.25, 0.3) is 0 Å². The van der Waals surface area contributed by atoms with E-state index in [-0.39, 0.29) is 13.0 Å². The van der Waals surface area contributed by atoms with Crippen molar-refractivity contribution in [1.82, 2.24) is 4.90 Å². The number of methoxy groups -OCH3 is 2. The van der Waals surface area contributed by atoms with Gasteiger partial charge in [0.1, 0.15) is 6.04 Å². The first-order chi connectivity index (χ1) is 6.60. The maximum atomic E-state index is 11.2. The van der Waals surface area contributed by atoms with E-state index in [0.717, 1.165) is 4.90 Å². The van der Waals surface area contributed by atoms with Crippen LogP contribution in [0.15, 0.2) is 0 Å². The predicted molar refractivity (Wildman–Crippen MR) is 45.5 cm³/mol. The van der Waals surface area contributed by atoms with Crippen LogP contribution in [0.5, 0.6) is 0 Å². The van der Waals surface area contributed by atoms with Crippen LogP contribution in [0, 0.1) is 0 Å². The van der Waals surface area contributed by atoms with Crippen LogP contribution in [0.3, 0.4) is 0 Å². The molecule has 6 nitrogen and oxygen atoms in total. The number of amides is 1. The lowest BCUT2D eigenvalue weighted by atomic mass is 10.2. The molecular formula is C8H13NO5. The van der Waals surface area contributed by atoms with Crippen molar-refractivity contribution in [2.45, 2.75) is 18.6 Å². The van der Waals surface area contributed by atoms with Crippen molar-refractivity contribution >= 4 is 12.1 Å². The lowest BCUT2D eigenvalue weighted by Gasteiger charge is -2.20. The molecule has 0 radical (unpaired) electrons. The highest BCUT2D eigenvalue weighted by Gasteiger charge is 2.40. The minimum absolute atomic E-state index is 0.104. The van der Waals surface area contributed by atoms with Crippen LogP contribution in [0.1, 0.15) is 6.42 Å². The SMILES string of the molecule is COC(=O)[C@@H]1CC(O)CN1C(=O)OC. The summed E-state index contributed by atoms with van der Waals surface area (Å²) in [5.74, 6) is -0.535. The van der Waals surface area contributed by atoms with E-state index < -0.39 is 24.2 Å². The van der Waals surface area contributed by atoms with E-state index in [4.69, 9.17) is 0 Å². The molecule has 1 heterocycles. The van der Waals surface area contributed by atoms with Gasteiger partial charge in [-0.1, -0.05) is 0 Å². The first-order valence-electron chi connectivity index (χ1n) is 4.20. The van der Waals surface area contributed by atoms with E-state index in [9.17, 15) is 14.7 Å². The van der Waals surface area contributed by atoms with Gasteiger partial charge in [-0.25, -0.2) is 9.59 Å². The summed E-state index contributed by atoms with van der Waals surface area (Å²) < 4.78 is 8.98. The van der Waals surface area contributed by atoms with Crippen molar-refractivity contribution in [2.24, 2.45) is 0 Å². The first-order valence-corrected chi connectivity index (χ1v) is 4.20. The predicted octanol–water partition coefficient (Wildman–Crippen LogP) is -0.639. The Kier molecular flexibility index (Phi) is 3.29. The summed E-state index contributed by atoms with van der Waals surface area (Å²) in [6.07, 6.45) is -1.13. The lowest BCUT2D eigenvalue weighted by molar-refractivity contribution is -0.145. The van der Waals surface area contributed by atoms with E-state index >= 15 is 0 Å². The summed E-state index contributed by atoms with van der Waals surface area (Å²) in [4.78, 5) is 23.5. The monoisotopic (exact) mass is 203 g/mol. The van der Waals surface area contributed by atoms with E-state index in [0.29, 0.717) is 0 Å². The van der Waals surface area contributed by atoms with Gasteiger partial charge in [-0.15, -0.1) is 0 Å². The van der Waals surface area contributed by atoms with Gasteiger partial charge in [0.25, 0.3) is 0 Å². The summed E-state index contributed by atoms with van der Waals surface area (Å²) in [5, 5.41) is 9.30. The number of esters is 1. The van der Waals surface area contributed by atoms with Gasteiger partial charge < -0.3 is 14.6 Å². The number of carbonyl (C=O) groups is 2. The molecule has 0 aliphatic carbocycles. The number of aliphatic hydroxyl groups is 1. The molecule has 1 amide bonds. The number of likely N-dealkylation sites (tertiary alicyclic amines) is 1. The van der Waals surface area contributed by atoms with E-state index in [1.54, 1.807) is 0 Å². The highest BCUT2D eigenvalue weighted by molar-refractivity contribution is 5.82. The molecule has 1 aliphatic rings. The molecule has 0 spiro atoms. The molecule has 0 aromatic heterocycles. The maximum Gasteiger partial charge on any atom is 0.410 e. The van der Waals surface area contributed by atoms with Gasteiger partial charge in [0.2, 0.25) is 0 Å². The van der Waals surface area contributed by atoms with E-state index in [1.165, 1.54) is 14.2 Å². The Morgan fingerprint density at radius 2 is 2.00 bits per heavy atom. The molecule has 1 fully saturated rings. The second-order valence-electron chi connectivity index (χ2n) is 3.05. The maximum absolute atomic E-state index is 11.2. The van der Waals surface area contributed by atoms with Crippen LogP contribution in [0.4, 0.5) is 4.79 Å². The number of hydrogen-bond acceptors (Lipinski definition) is 5. The van der Waals surface area contributed by atoms with Crippen LogP contribution < -0.4 is 0 Å². The normalized spacial score (nSPS) is 26.1. The van der Waals surface area contributed by atoms with Gasteiger partial charge in [-0.05, 0) is 0 Å². The third-order valence-corrected chi connectivity index (χ3v) is 2.16. The number of ether oxygens (including phenoxy) is 2. The van der Waals surface area contributed by atoms with Crippen molar-refractivity contribution in [3.63, 3.8) is 0 Å². The molecular weight excluding hydrogens is 190 g/mol. The Bertz CT molecular complexity index is 218. The second kappa shape index (κ2) is 4.28. The standard InChI is InChI=1S/C8H13NO5/c1-13-7(11)6-3-5(10)4-9(6)8(12)14-2/h5-6,10H,3-4H2,1-2H3/t5?,6-/m0/s1. The van der Waals surface area contributed by atoms with Crippen LogP contribution in [-0.2, 0) is 14.3 Å². The molecule has 0 bridgehead atoms. The molecule has 6 heteroatoms. The topological polar surface area (TPSA) is 76.1 Å². The molecule has 0 aromatic carbocycles. The van der Waals surface area contributed by atoms with Gasteiger partial charge in [0.05, 0.1) is 26.9 Å². The van der Waals surface area contributed by atoms with Crippen molar-refractivity contribution in [1.29, 1.82) is 0 Å². The molecule has 1 N–H and O–H groups in total. The number of nitrogens with zero attached hydrogens (tertiary/aromatic N) is 1. The van der Waals surface area contributed by atoms with Crippen LogP contribution >= 0.6 is 0 Å². The highest BCUT2D eigenvalue weighted by atomic mass is 16.5. The Hall–Kier alpha value is -1.30. The average Bonchev–Trinajstić information content (AvgIpc) is 2.58. The second-order valence-corrected chi connectivity index (χ2v) is 3.05. The summed E-state index contributed by atoms with van der Waals surface area (Å²) in [5.41, 5.74) is 0. The molecule has 0 aromatic rings. The fourth-order valence-electron chi connectivity index (χ4n) is 1.49. The molecule has 0 saturated carbocycles. The fraction of sp³-hybridized carbons (Fsp3) is 0.750. The summed E-state index contributed by atoms with van der Waals surface area (Å²) >= 11 is 0. The molecule has 1 saturated heterocycles. The van der Waals surface area contributed by atoms with Gasteiger partial charge >= 0.3 is 12.1 Å². The van der Waals surface area contributed by atoms with Crippen molar-refractivity contribution in [3.05, 3.63) is 0 Å². The Balaban J connectivity index is 2.72. The minimum atomic E-state index is -0.734. The van der Waals surface area contributed by atoms with Crippen molar-refractivity contribution < 1.29 is 24.2 Å². The van der Waals surface area contributed by atoms with Gasteiger partial charge in [0.15, 0.2) is 0 Å². The fourth-order valence-corrected chi connectivity index (χ4v) is 1.49. The summed E-state index contributed by atoms with van der Waals surface area (Å²) in [6, 6.07) is -0.734. The molecule has 1 unspecified atom stereocenters. The zero-order chi connectivity index (χ0) is 10.7. The number of aliphatic hydroxyl groups excluding tert-OH is 1. The van der Waals surface area contributed by atoms with E-state index in [2.05, 4.69) is 9.47 Å². The molecule has 80 valence electrons. The third-order valence-electron chi connectivity index (χ3n) is 2.16. The largest absolute Gasteiger partial charge is 0.467 e. The summed E-state index contributed by atoms with van der Waals surface area (Å²) in [6.45, 7) is 0.104. The van der Waals surface area contributed by atoms with Gasteiger partial charge in [-0.2, -0.15) is 0 Å². The molecule has 1 rings (SSSR count). The average molecular weight is 203 g/mol. The number of hydrogen-bond donors (Lipinski definition) is 1. The smallest absolute Gasteiger partial charge is 0.410 e. The molecule has 14 heavy (non-hydrogen) atoms. The quantitative estimate of drug-likeness (QED) is 0.574. The third kappa shape index (κ3) is 1.95. The van der Waals surface area contributed by atoms with Crippen molar-refractivity contribution in [3.8, 4) is 0 Å². The number of carbonyl (C=O) groups excluding carboxylic acids is 2. The molecule has 1 aliphatic heterocycles. The van der Waals surface area contributed by atoms with Crippen LogP contribution in [0.2, 0.25) is 0 Å². The first kappa shape index (κ1) is 10.8.